The van der Waals surface area contributed by atoms with Crippen LogP contribution in [0.5, 0.6) is 17.2 Å². The van der Waals surface area contributed by atoms with Crippen LogP contribution in [-0.4, -0.2) is 29.8 Å². The molecule has 8 nitrogen and oxygen atoms in total. The summed E-state index contributed by atoms with van der Waals surface area (Å²) in [4.78, 5) is 21.2. The fourth-order valence-corrected chi connectivity index (χ4v) is 3.46. The summed E-state index contributed by atoms with van der Waals surface area (Å²) in [6, 6.07) is 22.0. The van der Waals surface area contributed by atoms with Crippen molar-refractivity contribution in [1.29, 1.82) is 0 Å². The number of aromatic nitrogens is 2. The van der Waals surface area contributed by atoms with Crippen LogP contribution in [0.3, 0.4) is 0 Å². The third kappa shape index (κ3) is 4.40. The van der Waals surface area contributed by atoms with Crippen LogP contribution in [0.4, 0.5) is 17.2 Å². The van der Waals surface area contributed by atoms with Crippen molar-refractivity contribution in [3.63, 3.8) is 0 Å². The van der Waals surface area contributed by atoms with Gasteiger partial charge in [-0.3, -0.25) is 4.79 Å². The molecular formula is C25H20N4O4. The summed E-state index contributed by atoms with van der Waals surface area (Å²) >= 11 is 0. The van der Waals surface area contributed by atoms with Crippen LogP contribution >= 0.6 is 0 Å². The molecule has 33 heavy (non-hydrogen) atoms. The minimum atomic E-state index is -0.230. The number of nitrogens with zero attached hydrogens (tertiary/aromatic N) is 2. The Morgan fingerprint density at radius 3 is 2.55 bits per heavy atom. The van der Waals surface area contributed by atoms with Crippen LogP contribution in [0.15, 0.2) is 79.1 Å². The first-order chi connectivity index (χ1) is 16.2. The molecule has 0 aliphatic carbocycles. The van der Waals surface area contributed by atoms with Gasteiger partial charge in [0.15, 0.2) is 11.5 Å². The van der Waals surface area contributed by atoms with Gasteiger partial charge >= 0.3 is 0 Å². The SMILES string of the molecule is COc1ccccc1-c1cc(Nc2ccc(NC(=O)c3ccc4c(c3)OCO4)cc2)ncn1. The van der Waals surface area contributed by atoms with E-state index < -0.39 is 0 Å². The van der Waals surface area contributed by atoms with Crippen molar-refractivity contribution in [2.24, 2.45) is 0 Å². The van der Waals surface area contributed by atoms with E-state index in [2.05, 4.69) is 20.6 Å². The molecule has 8 heteroatoms. The van der Waals surface area contributed by atoms with E-state index >= 15 is 0 Å². The van der Waals surface area contributed by atoms with E-state index in [0.717, 1.165) is 22.7 Å². The van der Waals surface area contributed by atoms with Crippen molar-refractivity contribution in [1.82, 2.24) is 9.97 Å². The standard InChI is InChI=1S/C25H20N4O4/c1-31-21-5-3-2-4-19(21)20-13-24(27-14-26-20)28-17-7-9-18(10-8-17)29-25(30)16-6-11-22-23(12-16)33-15-32-22/h2-14H,15H2,1H3,(H,29,30)(H,26,27,28). The summed E-state index contributed by atoms with van der Waals surface area (Å²) in [7, 11) is 1.63. The molecule has 0 spiro atoms. The average molecular weight is 440 g/mol. The summed E-state index contributed by atoms with van der Waals surface area (Å²) in [6.07, 6.45) is 1.50. The Kier molecular flexibility index (Phi) is 5.47. The number of amides is 1. The molecule has 1 aromatic heterocycles. The molecule has 2 heterocycles. The Labute approximate surface area is 190 Å². The number of anilines is 3. The second-order valence-electron chi connectivity index (χ2n) is 7.21. The molecule has 4 aromatic rings. The first-order valence-corrected chi connectivity index (χ1v) is 10.2. The quantitative estimate of drug-likeness (QED) is 0.441. The Bertz CT molecular complexity index is 1310. The van der Waals surface area contributed by atoms with Crippen molar-refractivity contribution in [3.8, 4) is 28.5 Å². The maximum absolute atomic E-state index is 12.6. The zero-order valence-electron chi connectivity index (χ0n) is 17.7. The van der Waals surface area contributed by atoms with Gasteiger partial charge in [-0.05, 0) is 54.6 Å². The third-order valence-electron chi connectivity index (χ3n) is 5.10. The van der Waals surface area contributed by atoms with Gasteiger partial charge in [0.05, 0.1) is 12.8 Å². The highest BCUT2D eigenvalue weighted by Crippen LogP contribution is 2.33. The molecule has 5 rings (SSSR count). The van der Waals surface area contributed by atoms with Crippen molar-refractivity contribution in [3.05, 3.63) is 84.7 Å². The second kappa shape index (κ2) is 8.88. The van der Waals surface area contributed by atoms with Gasteiger partial charge in [0.2, 0.25) is 6.79 Å². The Morgan fingerprint density at radius 1 is 0.909 bits per heavy atom. The van der Waals surface area contributed by atoms with Crippen molar-refractivity contribution >= 4 is 23.1 Å². The van der Waals surface area contributed by atoms with E-state index in [9.17, 15) is 4.79 Å². The van der Waals surface area contributed by atoms with Crippen LogP contribution < -0.4 is 24.8 Å². The van der Waals surface area contributed by atoms with Crippen molar-refractivity contribution in [2.45, 2.75) is 0 Å². The van der Waals surface area contributed by atoms with Gasteiger partial charge in [-0.1, -0.05) is 12.1 Å². The zero-order valence-corrected chi connectivity index (χ0v) is 17.7. The lowest BCUT2D eigenvalue weighted by atomic mass is 10.1. The smallest absolute Gasteiger partial charge is 0.255 e. The van der Waals surface area contributed by atoms with Gasteiger partial charge in [0.25, 0.3) is 5.91 Å². The normalized spacial score (nSPS) is 11.7. The minimum absolute atomic E-state index is 0.168. The van der Waals surface area contributed by atoms with Crippen LogP contribution in [0.1, 0.15) is 10.4 Å². The lowest BCUT2D eigenvalue weighted by Crippen LogP contribution is -2.11. The summed E-state index contributed by atoms with van der Waals surface area (Å²) in [6.45, 7) is 0.168. The molecule has 0 saturated heterocycles. The number of hydrogen-bond acceptors (Lipinski definition) is 7. The molecular weight excluding hydrogens is 420 g/mol. The molecule has 0 bridgehead atoms. The highest BCUT2D eigenvalue weighted by Gasteiger charge is 2.16. The first kappa shape index (κ1) is 20.3. The number of methoxy groups -OCH3 is 1. The zero-order chi connectivity index (χ0) is 22.6. The first-order valence-electron chi connectivity index (χ1n) is 10.2. The highest BCUT2D eigenvalue weighted by atomic mass is 16.7. The Balaban J connectivity index is 1.27. The van der Waals surface area contributed by atoms with Gasteiger partial charge in [0.1, 0.15) is 17.9 Å². The summed E-state index contributed by atoms with van der Waals surface area (Å²) in [5.41, 5.74) is 3.61. The molecule has 0 radical (unpaired) electrons. The Morgan fingerprint density at radius 2 is 1.70 bits per heavy atom. The molecule has 1 aliphatic heterocycles. The predicted molar refractivity (Wildman–Crippen MR) is 124 cm³/mol. The number of para-hydroxylation sites is 1. The number of fused-ring (bicyclic) bond motifs is 1. The van der Waals surface area contributed by atoms with Gasteiger partial charge in [-0.25, -0.2) is 9.97 Å². The van der Waals surface area contributed by atoms with Crippen LogP contribution in [0.2, 0.25) is 0 Å². The molecule has 0 saturated carbocycles. The molecule has 0 unspecified atom stereocenters. The lowest BCUT2D eigenvalue weighted by Gasteiger charge is -2.11. The van der Waals surface area contributed by atoms with Gasteiger partial charge in [0, 0.05) is 28.6 Å². The molecule has 1 aliphatic rings. The number of nitrogens with one attached hydrogen (secondary N) is 2. The number of hydrogen-bond donors (Lipinski definition) is 2. The minimum Gasteiger partial charge on any atom is -0.496 e. The monoisotopic (exact) mass is 440 g/mol. The number of ether oxygens (including phenoxy) is 3. The van der Waals surface area contributed by atoms with E-state index in [1.165, 1.54) is 6.33 Å². The highest BCUT2D eigenvalue weighted by molar-refractivity contribution is 6.04. The van der Waals surface area contributed by atoms with Crippen molar-refractivity contribution < 1.29 is 19.0 Å². The largest absolute Gasteiger partial charge is 0.496 e. The number of carbonyl (C=O) groups excluding carboxylic acids is 1. The van der Waals surface area contributed by atoms with E-state index in [1.54, 1.807) is 25.3 Å². The number of benzene rings is 3. The lowest BCUT2D eigenvalue weighted by molar-refractivity contribution is 0.102. The van der Waals surface area contributed by atoms with Crippen LogP contribution in [0.25, 0.3) is 11.3 Å². The van der Waals surface area contributed by atoms with E-state index in [-0.39, 0.29) is 12.7 Å². The van der Waals surface area contributed by atoms with E-state index in [1.807, 2.05) is 54.6 Å². The number of rotatable bonds is 6. The maximum atomic E-state index is 12.6. The fraction of sp³-hybridized carbons (Fsp3) is 0.0800. The average Bonchev–Trinajstić information content (AvgIpc) is 3.33. The summed E-state index contributed by atoms with van der Waals surface area (Å²) in [5.74, 6) is 2.36. The topological polar surface area (TPSA) is 94.6 Å². The van der Waals surface area contributed by atoms with Gasteiger partial charge < -0.3 is 24.8 Å². The molecule has 3 aromatic carbocycles. The summed E-state index contributed by atoms with van der Waals surface area (Å²) in [5, 5.41) is 6.14. The Hall–Kier alpha value is -4.59. The van der Waals surface area contributed by atoms with Crippen LogP contribution in [-0.2, 0) is 0 Å². The van der Waals surface area contributed by atoms with E-state index in [0.29, 0.717) is 28.6 Å². The summed E-state index contributed by atoms with van der Waals surface area (Å²) < 4.78 is 16.0. The van der Waals surface area contributed by atoms with Crippen LogP contribution in [0, 0.1) is 0 Å². The number of carbonyl (C=O) groups is 1. The van der Waals surface area contributed by atoms with E-state index in [4.69, 9.17) is 14.2 Å². The molecule has 164 valence electrons. The maximum Gasteiger partial charge on any atom is 0.255 e. The fourth-order valence-electron chi connectivity index (χ4n) is 3.46. The second-order valence-corrected chi connectivity index (χ2v) is 7.21. The molecule has 2 N–H and O–H groups in total. The molecule has 0 atom stereocenters. The molecule has 0 fully saturated rings. The van der Waals surface area contributed by atoms with Crippen molar-refractivity contribution in [2.75, 3.05) is 24.5 Å². The molecule has 1 amide bonds. The van der Waals surface area contributed by atoms with Gasteiger partial charge in [-0.2, -0.15) is 0 Å². The van der Waals surface area contributed by atoms with Gasteiger partial charge in [-0.15, -0.1) is 0 Å². The third-order valence-corrected chi connectivity index (χ3v) is 5.10. The predicted octanol–water partition coefficient (Wildman–Crippen LogP) is 4.88.